The van der Waals surface area contributed by atoms with E-state index in [2.05, 4.69) is 41.4 Å². The molecule has 25 heavy (non-hydrogen) atoms. The maximum absolute atomic E-state index is 11.1. The molecule has 2 aliphatic rings. The molecule has 1 aliphatic carbocycles. The van der Waals surface area contributed by atoms with E-state index in [1.165, 1.54) is 37.1 Å². The van der Waals surface area contributed by atoms with Crippen molar-refractivity contribution in [3.63, 3.8) is 0 Å². The molecule has 138 valence electrons. The number of benzene rings is 1. The number of carboxylic acids is 1. The third-order valence-corrected chi connectivity index (χ3v) is 5.91. The Morgan fingerprint density at radius 3 is 2.56 bits per heavy atom. The van der Waals surface area contributed by atoms with Crippen LogP contribution in [0.3, 0.4) is 0 Å². The number of carbonyl (C=O) groups is 1. The number of carboxylic acid groups (broad SMARTS) is 1. The fourth-order valence-electron chi connectivity index (χ4n) is 4.35. The zero-order valence-electron chi connectivity index (χ0n) is 15.4. The number of hydrogen-bond donors (Lipinski definition) is 2. The van der Waals surface area contributed by atoms with Crippen molar-refractivity contribution in [1.82, 2.24) is 10.2 Å². The van der Waals surface area contributed by atoms with E-state index in [0.29, 0.717) is 6.04 Å². The lowest BCUT2D eigenvalue weighted by atomic mass is 9.86. The predicted octanol–water partition coefficient (Wildman–Crippen LogP) is 3.65. The fraction of sp³-hybridized carbons (Fsp3) is 0.667. The van der Waals surface area contributed by atoms with E-state index in [-0.39, 0.29) is 5.92 Å². The van der Waals surface area contributed by atoms with Gasteiger partial charge in [-0.2, -0.15) is 0 Å². The highest BCUT2D eigenvalue weighted by Gasteiger charge is 2.25. The monoisotopic (exact) mass is 344 g/mol. The van der Waals surface area contributed by atoms with Crippen molar-refractivity contribution >= 4 is 5.97 Å². The first-order valence-electron chi connectivity index (χ1n) is 9.87. The van der Waals surface area contributed by atoms with E-state index in [1.54, 1.807) is 0 Å². The second-order valence-electron chi connectivity index (χ2n) is 8.02. The van der Waals surface area contributed by atoms with Crippen LogP contribution in [-0.4, -0.2) is 35.1 Å². The van der Waals surface area contributed by atoms with Crippen molar-refractivity contribution in [2.45, 2.75) is 64.6 Å². The summed E-state index contributed by atoms with van der Waals surface area (Å²) in [4.78, 5) is 13.7. The minimum absolute atomic E-state index is 0.133. The topological polar surface area (TPSA) is 52.6 Å². The van der Waals surface area contributed by atoms with Crippen LogP contribution in [0.1, 0.15) is 56.6 Å². The van der Waals surface area contributed by atoms with E-state index >= 15 is 0 Å². The number of nitrogens with zero attached hydrogens (tertiary/aromatic N) is 1. The smallest absolute Gasteiger partial charge is 0.306 e. The molecule has 0 spiro atoms. The minimum atomic E-state index is -0.625. The van der Waals surface area contributed by atoms with E-state index in [4.69, 9.17) is 5.11 Å². The van der Waals surface area contributed by atoms with Crippen LogP contribution in [0.5, 0.6) is 0 Å². The molecule has 0 aromatic heterocycles. The zero-order chi connectivity index (χ0) is 17.6. The van der Waals surface area contributed by atoms with Gasteiger partial charge < -0.3 is 10.4 Å². The molecule has 2 N–H and O–H groups in total. The molecule has 0 bridgehead atoms. The molecule has 1 atom stereocenters. The standard InChI is InChI=1S/C21H32N2O2/c1-16-5-4-12-23(14-16)15-19-7-3-2-6-18(19)13-22-20-10-8-17(9-11-20)21(24)25/h2-3,6-7,16-17,20,22H,4-5,8-15H2,1H3,(H,24,25). The Labute approximate surface area is 151 Å². The maximum Gasteiger partial charge on any atom is 0.306 e. The van der Waals surface area contributed by atoms with Crippen LogP contribution in [-0.2, 0) is 17.9 Å². The van der Waals surface area contributed by atoms with Gasteiger partial charge in [-0.25, -0.2) is 0 Å². The second-order valence-corrected chi connectivity index (χ2v) is 8.02. The molecule has 1 aromatic carbocycles. The summed E-state index contributed by atoms with van der Waals surface area (Å²) in [6.45, 7) is 6.72. The Bertz CT molecular complexity index is 567. The Morgan fingerprint density at radius 2 is 1.88 bits per heavy atom. The first-order chi connectivity index (χ1) is 12.1. The van der Waals surface area contributed by atoms with Crippen LogP contribution >= 0.6 is 0 Å². The molecule has 0 radical (unpaired) electrons. The van der Waals surface area contributed by atoms with Crippen LogP contribution in [0.2, 0.25) is 0 Å². The molecular weight excluding hydrogens is 312 g/mol. The Balaban J connectivity index is 1.52. The molecule has 4 heteroatoms. The summed E-state index contributed by atoms with van der Waals surface area (Å²) >= 11 is 0. The van der Waals surface area contributed by atoms with Crippen molar-refractivity contribution in [2.75, 3.05) is 13.1 Å². The molecular formula is C21H32N2O2. The summed E-state index contributed by atoms with van der Waals surface area (Å²) in [7, 11) is 0. The maximum atomic E-state index is 11.1. The van der Waals surface area contributed by atoms with Crippen LogP contribution in [0.25, 0.3) is 0 Å². The average Bonchev–Trinajstić information content (AvgIpc) is 2.61. The normalized spacial score (nSPS) is 28.0. The van der Waals surface area contributed by atoms with Crippen LogP contribution in [0.15, 0.2) is 24.3 Å². The molecule has 1 aromatic rings. The Morgan fingerprint density at radius 1 is 1.16 bits per heavy atom. The highest BCUT2D eigenvalue weighted by atomic mass is 16.4. The minimum Gasteiger partial charge on any atom is -0.481 e. The molecule has 4 nitrogen and oxygen atoms in total. The molecule has 3 rings (SSSR count). The number of nitrogens with one attached hydrogen (secondary N) is 1. The summed E-state index contributed by atoms with van der Waals surface area (Å²) in [5, 5.41) is 12.8. The van der Waals surface area contributed by atoms with Gasteiger partial charge in [-0.05, 0) is 62.1 Å². The molecule has 0 amide bonds. The quantitative estimate of drug-likeness (QED) is 0.827. The molecule has 1 aliphatic heterocycles. The van der Waals surface area contributed by atoms with Gasteiger partial charge in [0.05, 0.1) is 5.92 Å². The van der Waals surface area contributed by atoms with E-state index in [9.17, 15) is 4.79 Å². The Kier molecular flexibility index (Phi) is 6.49. The molecule has 1 unspecified atom stereocenters. The second kappa shape index (κ2) is 8.81. The van der Waals surface area contributed by atoms with Gasteiger partial charge in [0.25, 0.3) is 0 Å². The summed E-state index contributed by atoms with van der Waals surface area (Å²) in [5.74, 6) is 0.0504. The summed E-state index contributed by atoms with van der Waals surface area (Å²) in [5.41, 5.74) is 2.82. The SMILES string of the molecule is CC1CCCN(Cc2ccccc2CNC2CCC(C(=O)O)CC2)C1. The van der Waals surface area contributed by atoms with Crippen molar-refractivity contribution in [3.8, 4) is 0 Å². The van der Waals surface area contributed by atoms with Gasteiger partial charge in [-0.3, -0.25) is 9.69 Å². The van der Waals surface area contributed by atoms with Gasteiger partial charge in [0.2, 0.25) is 0 Å². The lowest BCUT2D eigenvalue weighted by molar-refractivity contribution is -0.142. The van der Waals surface area contributed by atoms with Gasteiger partial charge in [-0.1, -0.05) is 31.2 Å². The average molecular weight is 344 g/mol. The van der Waals surface area contributed by atoms with Gasteiger partial charge in [0.15, 0.2) is 0 Å². The zero-order valence-corrected chi connectivity index (χ0v) is 15.4. The van der Waals surface area contributed by atoms with Crippen molar-refractivity contribution in [3.05, 3.63) is 35.4 Å². The summed E-state index contributed by atoms with van der Waals surface area (Å²) < 4.78 is 0. The molecule has 1 heterocycles. The number of likely N-dealkylation sites (tertiary alicyclic amines) is 1. The Hall–Kier alpha value is -1.39. The first-order valence-corrected chi connectivity index (χ1v) is 9.87. The van der Waals surface area contributed by atoms with Gasteiger partial charge in [-0.15, -0.1) is 0 Å². The number of rotatable bonds is 6. The highest BCUT2D eigenvalue weighted by molar-refractivity contribution is 5.70. The predicted molar refractivity (Wildman–Crippen MR) is 100 cm³/mol. The number of aliphatic carboxylic acids is 1. The highest BCUT2D eigenvalue weighted by Crippen LogP contribution is 2.25. The van der Waals surface area contributed by atoms with E-state index < -0.39 is 5.97 Å². The third kappa shape index (κ3) is 5.29. The largest absolute Gasteiger partial charge is 0.481 e. The van der Waals surface area contributed by atoms with Crippen LogP contribution in [0, 0.1) is 11.8 Å². The van der Waals surface area contributed by atoms with Gasteiger partial charge in [0, 0.05) is 25.7 Å². The summed E-state index contributed by atoms with van der Waals surface area (Å²) in [6.07, 6.45) is 6.24. The van der Waals surface area contributed by atoms with Gasteiger partial charge >= 0.3 is 5.97 Å². The van der Waals surface area contributed by atoms with Crippen molar-refractivity contribution < 1.29 is 9.90 Å². The molecule has 1 saturated heterocycles. The van der Waals surface area contributed by atoms with E-state index in [0.717, 1.165) is 44.7 Å². The van der Waals surface area contributed by atoms with Crippen molar-refractivity contribution in [2.24, 2.45) is 11.8 Å². The lowest BCUT2D eigenvalue weighted by Crippen LogP contribution is -2.36. The number of piperidine rings is 1. The van der Waals surface area contributed by atoms with Crippen LogP contribution < -0.4 is 5.32 Å². The van der Waals surface area contributed by atoms with Gasteiger partial charge in [0.1, 0.15) is 0 Å². The van der Waals surface area contributed by atoms with E-state index in [1.807, 2.05) is 0 Å². The van der Waals surface area contributed by atoms with Crippen molar-refractivity contribution in [1.29, 1.82) is 0 Å². The lowest BCUT2D eigenvalue weighted by Gasteiger charge is -2.31. The number of hydrogen-bond acceptors (Lipinski definition) is 3. The molecule has 1 saturated carbocycles. The third-order valence-electron chi connectivity index (χ3n) is 5.91. The fourth-order valence-corrected chi connectivity index (χ4v) is 4.35. The first kappa shape index (κ1) is 18.4. The summed E-state index contributed by atoms with van der Waals surface area (Å²) in [6, 6.07) is 9.22. The van der Waals surface area contributed by atoms with Crippen LogP contribution in [0.4, 0.5) is 0 Å². The molecule has 2 fully saturated rings.